The van der Waals surface area contributed by atoms with Crippen molar-refractivity contribution in [3.05, 3.63) is 64.7 Å². The third-order valence-electron chi connectivity index (χ3n) is 4.04. The molecule has 1 aliphatic heterocycles. The van der Waals surface area contributed by atoms with Gasteiger partial charge in [-0.3, -0.25) is 4.99 Å². The average Bonchev–Trinajstić information content (AvgIpc) is 2.99. The number of aliphatic hydroxyl groups is 1. The number of hydrogen-bond acceptors (Lipinski definition) is 2. The largest absolute Gasteiger partial charge is 0.387 e. The molecule has 1 heterocycles. The lowest BCUT2D eigenvalue weighted by atomic mass is 10.1. The maximum atomic E-state index is 10.3. The number of guanidine groups is 1. The molecule has 1 aliphatic rings. The molecule has 128 valence electrons. The molecule has 4 nitrogen and oxygen atoms in total. The predicted octanol–water partition coefficient (Wildman–Crippen LogP) is 3.63. The second-order valence-corrected chi connectivity index (χ2v) is 5.97. The maximum Gasteiger partial charge on any atom is 0.198 e. The van der Waals surface area contributed by atoms with Crippen molar-refractivity contribution in [2.45, 2.75) is 12.5 Å². The molecule has 0 saturated heterocycles. The summed E-state index contributed by atoms with van der Waals surface area (Å²) in [6.45, 7) is 1.28. The summed E-state index contributed by atoms with van der Waals surface area (Å²) in [6.07, 6.45) is 0.372. The third kappa shape index (κ3) is 4.20. The molecular weight excluding hydrogens is 437 g/mol. The molecule has 0 spiro atoms. The Bertz CT molecular complexity index is 723. The zero-order chi connectivity index (χ0) is 16.2. The topological polar surface area (TPSA) is 47.9 Å². The Hall–Kier alpha value is -1.31. The van der Waals surface area contributed by atoms with E-state index in [9.17, 15) is 5.11 Å². The van der Waals surface area contributed by atoms with Crippen molar-refractivity contribution in [3.8, 4) is 0 Å². The minimum absolute atomic E-state index is 0. The van der Waals surface area contributed by atoms with Crippen LogP contribution >= 0.6 is 35.6 Å². The van der Waals surface area contributed by atoms with E-state index in [1.54, 1.807) is 19.2 Å². The van der Waals surface area contributed by atoms with E-state index in [2.05, 4.69) is 33.4 Å². The first-order valence-corrected chi connectivity index (χ1v) is 8.06. The average molecular weight is 458 g/mol. The summed E-state index contributed by atoms with van der Waals surface area (Å²) in [6, 6.07) is 15.6. The highest BCUT2D eigenvalue weighted by Gasteiger charge is 2.22. The highest BCUT2D eigenvalue weighted by Crippen LogP contribution is 2.27. The number of halogens is 2. The van der Waals surface area contributed by atoms with Gasteiger partial charge in [0, 0.05) is 30.8 Å². The standard InChI is InChI=1S/C18H20ClN3O.HI/c1-20-18(22-10-9-13-5-2-3-8-16(13)22)21-12-17(23)14-6-4-7-15(19)11-14;/h2-8,11,17,23H,9-10,12H2,1H3,(H,20,21);1H. The summed E-state index contributed by atoms with van der Waals surface area (Å²) in [5.74, 6) is 0.774. The third-order valence-corrected chi connectivity index (χ3v) is 4.28. The lowest BCUT2D eigenvalue weighted by Gasteiger charge is -2.23. The number of para-hydroxylation sites is 1. The van der Waals surface area contributed by atoms with Crippen molar-refractivity contribution >= 4 is 47.2 Å². The Labute approximate surface area is 164 Å². The number of nitrogens with zero attached hydrogens (tertiary/aromatic N) is 2. The minimum Gasteiger partial charge on any atom is -0.387 e. The molecular formula is C18H21ClIN3O. The van der Waals surface area contributed by atoms with E-state index in [0.29, 0.717) is 11.6 Å². The number of nitrogens with one attached hydrogen (secondary N) is 1. The van der Waals surface area contributed by atoms with Gasteiger partial charge in [-0.1, -0.05) is 41.9 Å². The number of benzene rings is 2. The Balaban J connectivity index is 0.00000208. The van der Waals surface area contributed by atoms with Crippen LogP contribution in [0.3, 0.4) is 0 Å². The molecule has 0 bridgehead atoms. The van der Waals surface area contributed by atoms with Gasteiger partial charge in [-0.2, -0.15) is 0 Å². The van der Waals surface area contributed by atoms with Crippen LogP contribution < -0.4 is 10.2 Å². The summed E-state index contributed by atoms with van der Waals surface area (Å²) < 4.78 is 0. The van der Waals surface area contributed by atoms with Crippen molar-refractivity contribution < 1.29 is 5.11 Å². The fraction of sp³-hybridized carbons (Fsp3) is 0.278. The van der Waals surface area contributed by atoms with E-state index in [0.717, 1.165) is 24.5 Å². The second-order valence-electron chi connectivity index (χ2n) is 5.53. The van der Waals surface area contributed by atoms with Crippen LogP contribution in [0.15, 0.2) is 53.5 Å². The van der Waals surface area contributed by atoms with Crippen LogP contribution in [0.2, 0.25) is 5.02 Å². The van der Waals surface area contributed by atoms with Crippen LogP contribution in [-0.2, 0) is 6.42 Å². The van der Waals surface area contributed by atoms with E-state index < -0.39 is 6.10 Å². The van der Waals surface area contributed by atoms with Crippen molar-refractivity contribution in [2.24, 2.45) is 4.99 Å². The van der Waals surface area contributed by atoms with Crippen molar-refractivity contribution in [1.82, 2.24) is 5.32 Å². The number of anilines is 1. The molecule has 0 fully saturated rings. The van der Waals surface area contributed by atoms with Gasteiger partial charge < -0.3 is 15.3 Å². The molecule has 0 saturated carbocycles. The molecule has 6 heteroatoms. The Kier molecular flexibility index (Phi) is 6.89. The van der Waals surface area contributed by atoms with Crippen molar-refractivity contribution in [1.29, 1.82) is 0 Å². The first-order valence-electron chi connectivity index (χ1n) is 7.68. The van der Waals surface area contributed by atoms with Crippen LogP contribution in [0.4, 0.5) is 5.69 Å². The van der Waals surface area contributed by atoms with Crippen molar-refractivity contribution in [3.63, 3.8) is 0 Å². The van der Waals surface area contributed by atoms with Crippen LogP contribution in [0, 0.1) is 0 Å². The lowest BCUT2D eigenvalue weighted by Crippen LogP contribution is -2.42. The molecule has 0 amide bonds. The lowest BCUT2D eigenvalue weighted by molar-refractivity contribution is 0.181. The Morgan fingerprint density at radius 2 is 2.08 bits per heavy atom. The zero-order valence-corrected chi connectivity index (χ0v) is 16.5. The van der Waals surface area contributed by atoms with Gasteiger partial charge in [0.25, 0.3) is 0 Å². The summed E-state index contributed by atoms with van der Waals surface area (Å²) in [7, 11) is 1.76. The fourth-order valence-electron chi connectivity index (χ4n) is 2.87. The van der Waals surface area contributed by atoms with Gasteiger partial charge in [0.1, 0.15) is 0 Å². The molecule has 0 aliphatic carbocycles. The van der Waals surface area contributed by atoms with Crippen LogP contribution in [0.25, 0.3) is 0 Å². The Morgan fingerprint density at radius 1 is 1.29 bits per heavy atom. The van der Waals surface area contributed by atoms with Gasteiger partial charge in [-0.25, -0.2) is 0 Å². The van der Waals surface area contributed by atoms with Crippen LogP contribution in [-0.4, -0.2) is 31.2 Å². The number of aliphatic imine (C=N–C) groups is 1. The predicted molar refractivity (Wildman–Crippen MR) is 111 cm³/mol. The smallest absolute Gasteiger partial charge is 0.198 e. The molecule has 2 aromatic carbocycles. The van der Waals surface area contributed by atoms with Gasteiger partial charge in [0.05, 0.1) is 6.10 Å². The first-order chi connectivity index (χ1) is 11.2. The minimum atomic E-state index is -0.636. The molecule has 24 heavy (non-hydrogen) atoms. The number of aliphatic hydroxyl groups excluding tert-OH is 1. The van der Waals surface area contributed by atoms with Gasteiger partial charge in [-0.15, -0.1) is 24.0 Å². The van der Waals surface area contributed by atoms with Gasteiger partial charge >= 0.3 is 0 Å². The van der Waals surface area contributed by atoms with Gasteiger partial charge in [-0.05, 0) is 35.7 Å². The highest BCUT2D eigenvalue weighted by atomic mass is 127. The summed E-state index contributed by atoms with van der Waals surface area (Å²) in [5.41, 5.74) is 3.30. The number of rotatable bonds is 3. The molecule has 0 radical (unpaired) electrons. The SMILES string of the molecule is CN=C(NCC(O)c1cccc(Cl)c1)N1CCc2ccccc21.I. The summed E-state index contributed by atoms with van der Waals surface area (Å²) in [5, 5.41) is 14.2. The molecule has 3 rings (SSSR count). The highest BCUT2D eigenvalue weighted by molar-refractivity contribution is 14.0. The van der Waals surface area contributed by atoms with E-state index in [1.165, 1.54) is 11.3 Å². The summed E-state index contributed by atoms with van der Waals surface area (Å²) >= 11 is 5.98. The van der Waals surface area contributed by atoms with Crippen LogP contribution in [0.1, 0.15) is 17.2 Å². The zero-order valence-electron chi connectivity index (χ0n) is 13.4. The van der Waals surface area contributed by atoms with Crippen LogP contribution in [0.5, 0.6) is 0 Å². The first kappa shape index (κ1) is 19.0. The maximum absolute atomic E-state index is 10.3. The number of hydrogen-bond donors (Lipinski definition) is 2. The van der Waals surface area contributed by atoms with E-state index in [4.69, 9.17) is 11.6 Å². The molecule has 2 aromatic rings. The number of fused-ring (bicyclic) bond motifs is 1. The van der Waals surface area contributed by atoms with Crippen molar-refractivity contribution in [2.75, 3.05) is 25.0 Å². The van der Waals surface area contributed by atoms with E-state index >= 15 is 0 Å². The normalized spacial score (nSPS) is 14.8. The van der Waals surface area contributed by atoms with E-state index in [1.807, 2.05) is 18.2 Å². The molecule has 1 atom stereocenters. The molecule has 1 unspecified atom stereocenters. The van der Waals surface area contributed by atoms with E-state index in [-0.39, 0.29) is 24.0 Å². The van der Waals surface area contributed by atoms with Gasteiger partial charge in [0.2, 0.25) is 0 Å². The fourth-order valence-corrected chi connectivity index (χ4v) is 3.07. The summed E-state index contributed by atoms with van der Waals surface area (Å²) in [4.78, 5) is 6.50. The molecule has 0 aromatic heterocycles. The second kappa shape index (κ2) is 8.69. The monoisotopic (exact) mass is 457 g/mol. The Morgan fingerprint density at radius 3 is 2.83 bits per heavy atom. The van der Waals surface area contributed by atoms with Gasteiger partial charge in [0.15, 0.2) is 5.96 Å². The molecule has 2 N–H and O–H groups in total. The quantitative estimate of drug-likeness (QED) is 0.420.